The van der Waals surface area contributed by atoms with Gasteiger partial charge in [0.1, 0.15) is 12.2 Å². The van der Waals surface area contributed by atoms with E-state index >= 15 is 0 Å². The Hall–Kier alpha value is -2.96. The number of hydrogen-bond acceptors (Lipinski definition) is 6. The number of amides is 1. The summed E-state index contributed by atoms with van der Waals surface area (Å²) in [5.74, 6) is 0.823. The Labute approximate surface area is 138 Å². The van der Waals surface area contributed by atoms with Crippen molar-refractivity contribution in [3.63, 3.8) is 0 Å². The van der Waals surface area contributed by atoms with Crippen molar-refractivity contribution >= 4 is 11.9 Å². The predicted octanol–water partition coefficient (Wildman–Crippen LogP) is 2.21. The molecule has 0 unspecified atom stereocenters. The SMILES string of the molecule is COC(=O)Cc1occc1C(=O)N[C@H](C)c1ccc2c(c1)OCO2. The van der Waals surface area contributed by atoms with E-state index in [2.05, 4.69) is 10.1 Å². The van der Waals surface area contributed by atoms with E-state index in [1.807, 2.05) is 19.1 Å². The van der Waals surface area contributed by atoms with Crippen LogP contribution in [0.5, 0.6) is 11.5 Å². The van der Waals surface area contributed by atoms with E-state index in [1.54, 1.807) is 6.07 Å². The monoisotopic (exact) mass is 331 g/mol. The Morgan fingerprint density at radius 1 is 1.25 bits per heavy atom. The van der Waals surface area contributed by atoms with E-state index in [0.717, 1.165) is 5.56 Å². The summed E-state index contributed by atoms with van der Waals surface area (Å²) in [6, 6.07) is 6.77. The van der Waals surface area contributed by atoms with Gasteiger partial charge in [-0.2, -0.15) is 0 Å². The molecular formula is C17H17NO6. The second kappa shape index (κ2) is 6.66. The molecule has 1 aliphatic rings. The fourth-order valence-corrected chi connectivity index (χ4v) is 2.42. The predicted molar refractivity (Wildman–Crippen MR) is 82.9 cm³/mol. The molecule has 0 radical (unpaired) electrons. The molecule has 1 N–H and O–H groups in total. The number of carbonyl (C=O) groups is 2. The molecule has 0 spiro atoms. The summed E-state index contributed by atoms with van der Waals surface area (Å²) < 4.78 is 20.4. The summed E-state index contributed by atoms with van der Waals surface area (Å²) in [6.45, 7) is 2.06. The zero-order valence-corrected chi connectivity index (χ0v) is 13.3. The van der Waals surface area contributed by atoms with Crippen LogP contribution in [0.2, 0.25) is 0 Å². The maximum Gasteiger partial charge on any atom is 0.313 e. The number of nitrogens with one attached hydrogen (secondary N) is 1. The van der Waals surface area contributed by atoms with Gasteiger partial charge in [0.2, 0.25) is 6.79 Å². The average molecular weight is 331 g/mol. The molecule has 0 fully saturated rings. The van der Waals surface area contributed by atoms with Gasteiger partial charge in [0.15, 0.2) is 11.5 Å². The lowest BCUT2D eigenvalue weighted by atomic mass is 10.1. The fourth-order valence-electron chi connectivity index (χ4n) is 2.42. The lowest BCUT2D eigenvalue weighted by molar-refractivity contribution is -0.140. The van der Waals surface area contributed by atoms with Crippen LogP contribution in [-0.2, 0) is 16.0 Å². The van der Waals surface area contributed by atoms with Crippen LogP contribution in [-0.4, -0.2) is 25.8 Å². The van der Waals surface area contributed by atoms with Crippen molar-refractivity contribution in [2.45, 2.75) is 19.4 Å². The van der Waals surface area contributed by atoms with E-state index in [1.165, 1.54) is 19.4 Å². The van der Waals surface area contributed by atoms with Gasteiger partial charge in [0.05, 0.1) is 25.0 Å². The van der Waals surface area contributed by atoms with Crippen molar-refractivity contribution in [1.82, 2.24) is 5.32 Å². The minimum absolute atomic E-state index is 0.0926. The third kappa shape index (κ3) is 3.19. The molecule has 1 amide bonds. The van der Waals surface area contributed by atoms with Crippen molar-refractivity contribution in [1.29, 1.82) is 0 Å². The molecule has 0 saturated carbocycles. The quantitative estimate of drug-likeness (QED) is 0.845. The van der Waals surface area contributed by atoms with Crippen LogP contribution in [0.3, 0.4) is 0 Å². The molecule has 0 bridgehead atoms. The van der Waals surface area contributed by atoms with Gasteiger partial charge in [-0.3, -0.25) is 9.59 Å². The van der Waals surface area contributed by atoms with Gasteiger partial charge in [-0.25, -0.2) is 0 Å². The van der Waals surface area contributed by atoms with Crippen molar-refractivity contribution < 1.29 is 28.2 Å². The Kier molecular flexibility index (Phi) is 4.41. The molecule has 3 rings (SSSR count). The summed E-state index contributed by atoms with van der Waals surface area (Å²) in [4.78, 5) is 23.8. The lowest BCUT2D eigenvalue weighted by Crippen LogP contribution is -2.27. The van der Waals surface area contributed by atoms with Crippen LogP contribution in [0.25, 0.3) is 0 Å². The van der Waals surface area contributed by atoms with E-state index < -0.39 is 5.97 Å². The number of esters is 1. The van der Waals surface area contributed by atoms with E-state index in [0.29, 0.717) is 17.1 Å². The molecule has 126 valence electrons. The summed E-state index contributed by atoms with van der Waals surface area (Å²) in [5, 5.41) is 2.87. The molecule has 0 aliphatic carbocycles. The zero-order chi connectivity index (χ0) is 17.1. The van der Waals surface area contributed by atoms with Gasteiger partial charge in [-0.15, -0.1) is 0 Å². The van der Waals surface area contributed by atoms with Gasteiger partial charge in [-0.1, -0.05) is 6.07 Å². The number of rotatable bonds is 5. The highest BCUT2D eigenvalue weighted by molar-refractivity contribution is 5.96. The van der Waals surface area contributed by atoms with E-state index in [9.17, 15) is 9.59 Å². The first-order valence-electron chi connectivity index (χ1n) is 7.42. The van der Waals surface area contributed by atoms with E-state index in [4.69, 9.17) is 13.9 Å². The number of hydrogen-bond donors (Lipinski definition) is 1. The van der Waals surface area contributed by atoms with E-state index in [-0.39, 0.29) is 30.9 Å². The second-order valence-electron chi connectivity index (χ2n) is 5.32. The van der Waals surface area contributed by atoms with Gasteiger partial charge in [0.25, 0.3) is 5.91 Å². The molecule has 1 aliphatic heterocycles. The average Bonchev–Trinajstić information content (AvgIpc) is 3.22. The molecule has 7 nitrogen and oxygen atoms in total. The normalized spacial score (nSPS) is 13.4. The van der Waals surface area contributed by atoms with Crippen LogP contribution in [0, 0.1) is 0 Å². The maximum atomic E-state index is 12.4. The van der Waals surface area contributed by atoms with Gasteiger partial charge < -0.3 is 23.9 Å². The zero-order valence-electron chi connectivity index (χ0n) is 13.3. The number of fused-ring (bicyclic) bond motifs is 1. The summed E-state index contributed by atoms with van der Waals surface area (Å²) in [6.07, 6.45) is 1.28. The second-order valence-corrected chi connectivity index (χ2v) is 5.32. The van der Waals surface area contributed by atoms with Crippen LogP contribution < -0.4 is 14.8 Å². The van der Waals surface area contributed by atoms with Crippen molar-refractivity contribution in [2.75, 3.05) is 13.9 Å². The van der Waals surface area contributed by atoms with Gasteiger partial charge in [-0.05, 0) is 30.7 Å². The highest BCUT2D eigenvalue weighted by Crippen LogP contribution is 2.34. The standard InChI is InChI=1S/C17H17NO6/c1-10(11-3-4-13-15(7-11)24-9-23-13)18-17(20)12-5-6-22-14(12)8-16(19)21-2/h3-7,10H,8-9H2,1-2H3,(H,18,20)/t10-/m1/s1. The minimum Gasteiger partial charge on any atom is -0.469 e. The lowest BCUT2D eigenvalue weighted by Gasteiger charge is -2.14. The molecule has 2 heterocycles. The maximum absolute atomic E-state index is 12.4. The summed E-state index contributed by atoms with van der Waals surface area (Å²) >= 11 is 0. The first-order chi connectivity index (χ1) is 11.6. The number of benzene rings is 1. The fraction of sp³-hybridized carbons (Fsp3) is 0.294. The number of carbonyl (C=O) groups excluding carboxylic acids is 2. The number of ether oxygens (including phenoxy) is 3. The summed E-state index contributed by atoms with van der Waals surface area (Å²) in [5.41, 5.74) is 1.19. The number of furan rings is 1. The van der Waals surface area contributed by atoms with Gasteiger partial charge in [0, 0.05) is 0 Å². The first kappa shape index (κ1) is 15.9. The van der Waals surface area contributed by atoms with Crippen molar-refractivity contribution in [3.8, 4) is 11.5 Å². The Balaban J connectivity index is 1.71. The highest BCUT2D eigenvalue weighted by atomic mass is 16.7. The molecule has 1 aromatic heterocycles. The smallest absolute Gasteiger partial charge is 0.313 e. The molecule has 1 aromatic carbocycles. The van der Waals surface area contributed by atoms with Crippen LogP contribution >= 0.6 is 0 Å². The molecular weight excluding hydrogens is 314 g/mol. The molecule has 2 aromatic rings. The topological polar surface area (TPSA) is 87.0 Å². The third-order valence-corrected chi connectivity index (χ3v) is 3.77. The number of methoxy groups -OCH3 is 1. The molecule has 7 heteroatoms. The van der Waals surface area contributed by atoms with Crippen molar-refractivity contribution in [3.05, 3.63) is 47.4 Å². The molecule has 24 heavy (non-hydrogen) atoms. The third-order valence-electron chi connectivity index (χ3n) is 3.77. The Morgan fingerprint density at radius 3 is 2.83 bits per heavy atom. The molecule has 1 atom stereocenters. The van der Waals surface area contributed by atoms with Crippen LogP contribution in [0.1, 0.15) is 34.6 Å². The van der Waals surface area contributed by atoms with Gasteiger partial charge >= 0.3 is 5.97 Å². The largest absolute Gasteiger partial charge is 0.469 e. The first-order valence-corrected chi connectivity index (χ1v) is 7.42. The highest BCUT2D eigenvalue weighted by Gasteiger charge is 2.21. The van der Waals surface area contributed by atoms with Crippen LogP contribution in [0.4, 0.5) is 0 Å². The minimum atomic E-state index is -0.470. The van der Waals surface area contributed by atoms with Crippen LogP contribution in [0.15, 0.2) is 34.9 Å². The molecule has 0 saturated heterocycles. The Bertz CT molecular complexity index is 766. The Morgan fingerprint density at radius 2 is 2.04 bits per heavy atom. The summed E-state index contributed by atoms with van der Waals surface area (Å²) in [7, 11) is 1.28. The van der Waals surface area contributed by atoms with Crippen molar-refractivity contribution in [2.24, 2.45) is 0 Å².